The second-order valence-electron chi connectivity index (χ2n) is 5.07. The van der Waals surface area contributed by atoms with Crippen LogP contribution in [0, 0.1) is 12.7 Å². The summed E-state index contributed by atoms with van der Waals surface area (Å²) in [5.74, 6) is 0.0944. The number of aliphatic hydroxyl groups is 1. The van der Waals surface area contributed by atoms with Crippen LogP contribution in [0.4, 0.5) is 4.39 Å². The van der Waals surface area contributed by atoms with Gasteiger partial charge < -0.3 is 9.84 Å². The van der Waals surface area contributed by atoms with Crippen LogP contribution in [0.15, 0.2) is 47.4 Å². The number of ether oxygens (including phenoxy) is 1. The first kappa shape index (κ1) is 16.5. The second-order valence-corrected chi connectivity index (χ2v) is 7.09. The molecule has 0 saturated heterocycles. The molecule has 0 amide bonds. The molecule has 0 heterocycles. The van der Waals surface area contributed by atoms with E-state index in [1.165, 1.54) is 42.5 Å². The van der Waals surface area contributed by atoms with Crippen LogP contribution in [0.2, 0.25) is 0 Å². The molecule has 0 aliphatic rings. The molecule has 1 atom stereocenters. The summed E-state index contributed by atoms with van der Waals surface area (Å²) in [5, 5.41) is 10.1. The van der Waals surface area contributed by atoms with E-state index in [4.69, 9.17) is 4.74 Å². The third-order valence-corrected chi connectivity index (χ3v) is 4.38. The first-order chi connectivity index (χ1) is 10.3. The van der Waals surface area contributed by atoms with Crippen LogP contribution in [0.5, 0.6) is 5.75 Å². The van der Waals surface area contributed by atoms with Gasteiger partial charge in [0.1, 0.15) is 24.3 Å². The van der Waals surface area contributed by atoms with Crippen LogP contribution in [0.25, 0.3) is 0 Å². The molecule has 0 bridgehead atoms. The quantitative estimate of drug-likeness (QED) is 0.918. The third-order valence-electron chi connectivity index (χ3n) is 3.25. The van der Waals surface area contributed by atoms with Gasteiger partial charge in [0.15, 0.2) is 9.84 Å². The average molecular weight is 324 g/mol. The van der Waals surface area contributed by atoms with Gasteiger partial charge in [-0.25, -0.2) is 12.8 Å². The summed E-state index contributed by atoms with van der Waals surface area (Å²) in [7, 11) is -3.24. The van der Waals surface area contributed by atoms with Gasteiger partial charge in [0.25, 0.3) is 0 Å². The third kappa shape index (κ3) is 4.05. The molecule has 0 saturated carbocycles. The van der Waals surface area contributed by atoms with Gasteiger partial charge in [-0.1, -0.05) is 6.07 Å². The van der Waals surface area contributed by atoms with Crippen molar-refractivity contribution in [1.82, 2.24) is 0 Å². The maximum absolute atomic E-state index is 13.0. The molecule has 1 unspecified atom stereocenters. The molecule has 4 nitrogen and oxygen atoms in total. The molecule has 0 aliphatic heterocycles. The number of halogens is 1. The Morgan fingerprint density at radius 1 is 1.18 bits per heavy atom. The summed E-state index contributed by atoms with van der Waals surface area (Å²) in [5.41, 5.74) is 1.23. The fourth-order valence-electron chi connectivity index (χ4n) is 2.06. The maximum Gasteiger partial charge on any atom is 0.175 e. The molecule has 2 aromatic rings. The number of sulfone groups is 1. The lowest BCUT2D eigenvalue weighted by atomic mass is 10.0. The van der Waals surface area contributed by atoms with Crippen LogP contribution in [-0.2, 0) is 9.84 Å². The first-order valence-electron chi connectivity index (χ1n) is 6.64. The molecule has 1 N–H and O–H groups in total. The van der Waals surface area contributed by atoms with Crippen molar-refractivity contribution in [1.29, 1.82) is 0 Å². The molecule has 0 fully saturated rings. The Hall–Kier alpha value is -1.92. The fraction of sp³-hybridized carbons (Fsp3) is 0.250. The molecule has 118 valence electrons. The van der Waals surface area contributed by atoms with Crippen LogP contribution in [-0.4, -0.2) is 26.4 Å². The zero-order chi connectivity index (χ0) is 16.3. The van der Waals surface area contributed by atoms with Crippen molar-refractivity contribution in [3.8, 4) is 5.75 Å². The summed E-state index contributed by atoms with van der Waals surface area (Å²) in [6.45, 7) is 1.70. The van der Waals surface area contributed by atoms with E-state index in [1.54, 1.807) is 6.92 Å². The van der Waals surface area contributed by atoms with Crippen LogP contribution in [0.1, 0.15) is 17.2 Å². The highest BCUT2D eigenvalue weighted by Crippen LogP contribution is 2.21. The predicted octanol–water partition coefficient (Wildman–Crippen LogP) is 2.65. The van der Waals surface area contributed by atoms with Crippen molar-refractivity contribution in [3.05, 3.63) is 59.4 Å². The number of benzene rings is 2. The summed E-state index contributed by atoms with van der Waals surface area (Å²) in [6, 6.07) is 10.1. The minimum atomic E-state index is -3.24. The Kier molecular flexibility index (Phi) is 4.83. The van der Waals surface area contributed by atoms with Gasteiger partial charge in [-0.3, -0.25) is 0 Å². The van der Waals surface area contributed by atoms with Crippen LogP contribution < -0.4 is 4.74 Å². The number of aryl methyl sites for hydroxylation is 1. The van der Waals surface area contributed by atoms with E-state index >= 15 is 0 Å². The molecule has 2 rings (SSSR count). The molecule has 2 aromatic carbocycles. The van der Waals surface area contributed by atoms with Gasteiger partial charge in [0.2, 0.25) is 0 Å². The highest BCUT2D eigenvalue weighted by atomic mass is 32.2. The van der Waals surface area contributed by atoms with E-state index in [1.807, 2.05) is 0 Å². The molecule has 6 heteroatoms. The van der Waals surface area contributed by atoms with Crippen LogP contribution >= 0.6 is 0 Å². The molecule has 0 radical (unpaired) electrons. The lowest BCUT2D eigenvalue weighted by molar-refractivity contribution is 0.107. The van der Waals surface area contributed by atoms with Crippen molar-refractivity contribution in [2.24, 2.45) is 0 Å². The highest BCUT2D eigenvalue weighted by Gasteiger charge is 2.12. The average Bonchev–Trinajstić information content (AvgIpc) is 2.44. The fourth-order valence-corrected chi connectivity index (χ4v) is 2.69. The predicted molar refractivity (Wildman–Crippen MR) is 81.1 cm³/mol. The summed E-state index contributed by atoms with van der Waals surface area (Å²) in [4.78, 5) is 0.203. The Bertz CT molecular complexity index is 754. The standard InChI is InChI=1S/C16H17FO4S/c1-11-9-12(17)3-8-15(11)16(18)10-21-13-4-6-14(7-5-13)22(2,19)20/h3-9,16,18H,10H2,1-2H3. The van der Waals surface area contributed by atoms with Crippen LogP contribution in [0.3, 0.4) is 0 Å². The second kappa shape index (κ2) is 6.46. The normalized spacial score (nSPS) is 12.9. The highest BCUT2D eigenvalue weighted by molar-refractivity contribution is 7.90. The molecule has 0 spiro atoms. The monoisotopic (exact) mass is 324 g/mol. The van der Waals surface area contributed by atoms with Crippen molar-refractivity contribution in [2.75, 3.05) is 12.9 Å². The van der Waals surface area contributed by atoms with E-state index in [0.29, 0.717) is 16.9 Å². The number of hydrogen-bond donors (Lipinski definition) is 1. The Morgan fingerprint density at radius 3 is 2.36 bits per heavy atom. The summed E-state index contributed by atoms with van der Waals surface area (Å²) >= 11 is 0. The largest absolute Gasteiger partial charge is 0.491 e. The Morgan fingerprint density at radius 2 is 1.82 bits per heavy atom. The molecule has 22 heavy (non-hydrogen) atoms. The molecular formula is C16H17FO4S. The summed E-state index contributed by atoms with van der Waals surface area (Å²) < 4.78 is 41.2. The smallest absolute Gasteiger partial charge is 0.175 e. The first-order valence-corrected chi connectivity index (χ1v) is 8.53. The lowest BCUT2D eigenvalue weighted by Crippen LogP contribution is -2.11. The Balaban J connectivity index is 2.03. The topological polar surface area (TPSA) is 63.6 Å². The lowest BCUT2D eigenvalue weighted by Gasteiger charge is -2.15. The van der Waals surface area contributed by atoms with E-state index in [2.05, 4.69) is 0 Å². The van der Waals surface area contributed by atoms with Crippen molar-refractivity contribution in [2.45, 2.75) is 17.9 Å². The summed E-state index contributed by atoms with van der Waals surface area (Å²) in [6.07, 6.45) is 0.236. The van der Waals surface area contributed by atoms with E-state index in [9.17, 15) is 17.9 Å². The maximum atomic E-state index is 13.0. The minimum absolute atomic E-state index is 0.00923. The Labute approximate surface area is 129 Å². The zero-order valence-corrected chi connectivity index (χ0v) is 13.1. The van der Waals surface area contributed by atoms with E-state index in [-0.39, 0.29) is 17.3 Å². The SMILES string of the molecule is Cc1cc(F)ccc1C(O)COc1ccc(S(C)(=O)=O)cc1. The van der Waals surface area contributed by atoms with Gasteiger partial charge in [-0.05, 0) is 54.4 Å². The van der Waals surface area contributed by atoms with Crippen molar-refractivity contribution < 1.29 is 22.7 Å². The van der Waals surface area contributed by atoms with Gasteiger partial charge in [0.05, 0.1) is 4.90 Å². The van der Waals surface area contributed by atoms with Crippen molar-refractivity contribution >= 4 is 9.84 Å². The zero-order valence-electron chi connectivity index (χ0n) is 12.3. The van der Waals surface area contributed by atoms with Gasteiger partial charge in [-0.15, -0.1) is 0 Å². The number of aliphatic hydroxyl groups excluding tert-OH is 1. The van der Waals surface area contributed by atoms with Gasteiger partial charge in [-0.2, -0.15) is 0 Å². The number of hydrogen-bond acceptors (Lipinski definition) is 4. The molecule has 0 aliphatic carbocycles. The van der Waals surface area contributed by atoms with Gasteiger partial charge >= 0.3 is 0 Å². The van der Waals surface area contributed by atoms with Crippen molar-refractivity contribution in [3.63, 3.8) is 0 Å². The van der Waals surface area contributed by atoms with Gasteiger partial charge in [0, 0.05) is 6.26 Å². The number of rotatable bonds is 5. The molecular weight excluding hydrogens is 307 g/mol. The molecule has 0 aromatic heterocycles. The minimum Gasteiger partial charge on any atom is -0.491 e. The van der Waals surface area contributed by atoms with E-state index < -0.39 is 15.9 Å². The van der Waals surface area contributed by atoms with E-state index in [0.717, 1.165) is 6.26 Å².